The molecule has 0 atom stereocenters. The van der Waals surface area contributed by atoms with Crippen molar-refractivity contribution in [1.29, 1.82) is 0 Å². The van der Waals surface area contributed by atoms with Crippen molar-refractivity contribution in [3.8, 4) is 0 Å². The van der Waals surface area contributed by atoms with Crippen molar-refractivity contribution in [2.24, 2.45) is 5.41 Å². The third-order valence-electron chi connectivity index (χ3n) is 15.2. The van der Waals surface area contributed by atoms with Gasteiger partial charge in [0.25, 0.3) is 23.1 Å². The Balaban J connectivity index is 4.79. The number of hydrogen-bond acceptors (Lipinski definition) is 24. The largest absolute Gasteiger partial charge is 0.417 e. The van der Waals surface area contributed by atoms with Crippen molar-refractivity contribution in [3.05, 3.63) is 24.3 Å². The molecule has 0 spiro atoms. The molecule has 2 fully saturated rings. The van der Waals surface area contributed by atoms with Crippen LogP contribution < -0.4 is 0 Å². The van der Waals surface area contributed by atoms with Gasteiger partial charge < -0.3 is 104 Å². The van der Waals surface area contributed by atoms with Crippen LogP contribution in [0.3, 0.4) is 0 Å². The summed E-state index contributed by atoms with van der Waals surface area (Å²) in [6, 6.07) is 0. The number of carbonyl (C=O) groups excluding carboxylic acids is 2. The smallest absolute Gasteiger partial charge is 0.336 e. The number of esters is 2. The highest BCUT2D eigenvalue weighted by atomic mass is 16.9. The lowest BCUT2D eigenvalue weighted by molar-refractivity contribution is -0.671. The Hall–Kier alpha value is -2.38. The average Bonchev–Trinajstić information content (AvgIpc) is 0.615. The Morgan fingerprint density at radius 2 is 0.368 bits per heavy atom. The number of carbonyl (C=O) groups is 2. The quantitative estimate of drug-likeness (QED) is 0.0313. The van der Waals surface area contributed by atoms with Crippen LogP contribution in [0.5, 0.6) is 0 Å². The van der Waals surface area contributed by atoms with Crippen molar-refractivity contribution in [2.75, 3.05) is 132 Å². The van der Waals surface area contributed by atoms with E-state index in [9.17, 15) is 0 Å². The highest BCUT2D eigenvalue weighted by molar-refractivity contribution is 5.88. The van der Waals surface area contributed by atoms with Gasteiger partial charge in [-0.3, -0.25) is 0 Å². The van der Waals surface area contributed by atoms with Gasteiger partial charge >= 0.3 is 46.7 Å². The van der Waals surface area contributed by atoms with E-state index in [0.29, 0.717) is 0 Å². The van der Waals surface area contributed by atoms with E-state index in [1.54, 1.807) is 152 Å². The van der Waals surface area contributed by atoms with E-state index in [4.69, 9.17) is 104 Å². The fourth-order valence-electron chi connectivity index (χ4n) is 14.0. The second kappa shape index (κ2) is 34.0. The summed E-state index contributed by atoms with van der Waals surface area (Å²) in [5.41, 5.74) is -8.63. The molecule has 2 aliphatic carbocycles. The third kappa shape index (κ3) is 11.3. The first-order valence-electron chi connectivity index (χ1n) is 31.9. The van der Waals surface area contributed by atoms with E-state index in [2.05, 4.69) is 13.2 Å². The lowest BCUT2D eigenvalue weighted by atomic mass is 9.43. The van der Waals surface area contributed by atoms with Crippen molar-refractivity contribution in [3.63, 3.8) is 0 Å². The molecule has 0 aromatic carbocycles. The topological polar surface area (TPSA) is 237 Å². The predicted molar refractivity (Wildman–Crippen MR) is 321 cm³/mol. The maximum absolute atomic E-state index is 15.3. The second-order valence-corrected chi connectivity index (χ2v) is 20.2. The lowest BCUT2D eigenvalue weighted by Crippen LogP contribution is -3.06. The third-order valence-corrected chi connectivity index (χ3v) is 15.2. The van der Waals surface area contributed by atoms with Gasteiger partial charge in [0, 0.05) is 149 Å². The molecular weight excluding hydrogens is 1140 g/mol. The van der Waals surface area contributed by atoms with Crippen LogP contribution in [0.15, 0.2) is 24.3 Å². The maximum Gasteiger partial charge on any atom is 0.336 e. The summed E-state index contributed by atoms with van der Waals surface area (Å²) in [5, 5.41) is 0. The van der Waals surface area contributed by atoms with E-state index in [-0.39, 0.29) is 143 Å². The van der Waals surface area contributed by atoms with Crippen LogP contribution in [0.2, 0.25) is 0 Å². The van der Waals surface area contributed by atoms with E-state index in [1.165, 1.54) is 13.8 Å². The predicted octanol–water partition coefficient (Wildman–Crippen LogP) is 9.45. The molecule has 24 nitrogen and oxygen atoms in total. The second-order valence-electron chi connectivity index (χ2n) is 20.2. The number of ether oxygens (including phenoxy) is 22. The van der Waals surface area contributed by atoms with Gasteiger partial charge in [0.2, 0.25) is 0 Å². The van der Waals surface area contributed by atoms with Gasteiger partial charge in [-0.05, 0) is 152 Å². The molecule has 512 valence electrons. The fourth-order valence-corrected chi connectivity index (χ4v) is 14.0. The molecule has 0 aliphatic heterocycles. The summed E-state index contributed by atoms with van der Waals surface area (Å²) < 4.78 is 165. The molecular formula is C63H116O24. The Labute approximate surface area is 521 Å². The lowest BCUT2D eigenvalue weighted by Gasteiger charge is -2.80. The van der Waals surface area contributed by atoms with E-state index < -0.39 is 86.4 Å². The summed E-state index contributed by atoms with van der Waals surface area (Å²) in [6.45, 7) is 42.4. The minimum Gasteiger partial charge on any atom is -0.417 e. The van der Waals surface area contributed by atoms with Gasteiger partial charge in [-0.25, -0.2) is 9.59 Å². The van der Waals surface area contributed by atoms with E-state index >= 15 is 9.59 Å². The maximum atomic E-state index is 15.3. The Morgan fingerprint density at radius 3 is 0.494 bits per heavy atom. The molecule has 0 heterocycles. The molecule has 0 amide bonds. The van der Waals surface area contributed by atoms with Gasteiger partial charge in [-0.2, -0.15) is 0 Å². The molecule has 0 N–H and O–H groups in total. The molecule has 0 saturated heterocycles. The van der Waals surface area contributed by atoms with Crippen LogP contribution in [0.4, 0.5) is 0 Å². The van der Waals surface area contributed by atoms with Crippen LogP contribution >= 0.6 is 0 Å². The zero-order valence-corrected chi connectivity index (χ0v) is 57.9. The Morgan fingerprint density at radius 1 is 0.241 bits per heavy atom. The van der Waals surface area contributed by atoms with Crippen molar-refractivity contribution < 1.29 is 114 Å². The first kappa shape index (κ1) is 80.7. The van der Waals surface area contributed by atoms with Gasteiger partial charge in [-0.1, -0.05) is 27.0 Å². The summed E-state index contributed by atoms with van der Waals surface area (Å²) in [7, 11) is 0. The summed E-state index contributed by atoms with van der Waals surface area (Å²) in [4.78, 5) is 30.5. The van der Waals surface area contributed by atoms with Crippen molar-refractivity contribution in [1.82, 2.24) is 0 Å². The van der Waals surface area contributed by atoms with Crippen LogP contribution in [-0.2, 0) is 114 Å². The molecule has 0 unspecified atom stereocenters. The van der Waals surface area contributed by atoms with Crippen LogP contribution in [0.1, 0.15) is 166 Å². The summed E-state index contributed by atoms with van der Waals surface area (Å²) >= 11 is 0. The molecule has 0 bridgehead atoms. The molecule has 0 aromatic heterocycles. The number of rotatable bonds is 46. The molecule has 2 saturated carbocycles. The first-order valence-corrected chi connectivity index (χ1v) is 31.9. The van der Waals surface area contributed by atoms with Gasteiger partial charge in [0.1, 0.15) is 0 Å². The van der Waals surface area contributed by atoms with E-state index in [0.717, 1.165) is 0 Å². The highest BCUT2D eigenvalue weighted by Gasteiger charge is 3.08. The number of hydrogen-bond donors (Lipinski definition) is 0. The normalized spacial score (nSPS) is 25.7. The Kier molecular flexibility index (Phi) is 31.5. The molecule has 2 rings (SSSR count). The van der Waals surface area contributed by atoms with Crippen LogP contribution in [0, 0.1) is 5.41 Å². The van der Waals surface area contributed by atoms with Gasteiger partial charge in [-0.15, -0.1) is 0 Å². The molecule has 87 heavy (non-hydrogen) atoms. The summed E-state index contributed by atoms with van der Waals surface area (Å²) in [5.74, 6) is -31.7. The monoisotopic (exact) mass is 1260 g/mol. The fraction of sp³-hybridized carbons (Fsp3) is 0.905. The molecule has 0 aromatic rings. The SMILES string of the molecule is C=C(C)C(=O)OC1(OCC)C(OCC)(OCC)C(OCC)(OCC)C(OCC)(C(C)(C)C2(OCC)C(OCC)(OCC)C(OCC)(OCC)C(OCC)(OC(=O)C(=C)C)C(OCC)(OCC)C2(OCC)OCC)C(OCC)(OCC)C1(OCC)OCC. The molecule has 2 aliphatic rings. The molecule has 0 radical (unpaired) electrons. The Bertz CT molecular complexity index is 1820. The highest BCUT2D eigenvalue weighted by Crippen LogP contribution is 2.79. The first-order chi connectivity index (χ1) is 41.4. The van der Waals surface area contributed by atoms with Crippen molar-refractivity contribution >= 4 is 11.9 Å². The standard InChI is InChI=1S/C63H116O24/c1-27-66-52(54(68-29-3,69-30-4)58(76-37-11,77-38-12)62(84-45-19,86-49(64)47(21)22)59(78-39-13,79-40-14)55(52,70-31-5)71-32-6)51(25,26)53(67-28-2)56(72-33-7,73-34-8)60(80-41-15,81-42-16)63(85-46-20,87-50(65)48(23)24)61(82-43-17,83-44-18)57(53,74-35-9)75-36-10/h21,23,27-46H2,1-20,22,24-26H3. The van der Waals surface area contributed by atoms with Crippen molar-refractivity contribution in [2.45, 2.75) is 235 Å². The van der Waals surface area contributed by atoms with E-state index in [1.807, 2.05) is 0 Å². The minimum atomic E-state index is -3.00. The zero-order valence-electron chi connectivity index (χ0n) is 57.9. The zero-order chi connectivity index (χ0) is 66.5. The van der Waals surface area contributed by atoms with Gasteiger partial charge in [0.15, 0.2) is 11.2 Å². The van der Waals surface area contributed by atoms with Crippen LogP contribution in [-0.4, -0.2) is 213 Å². The van der Waals surface area contributed by atoms with Crippen LogP contribution in [0.25, 0.3) is 0 Å². The summed E-state index contributed by atoms with van der Waals surface area (Å²) in [6.07, 6.45) is 0. The average molecular weight is 1260 g/mol. The molecule has 24 heteroatoms. The van der Waals surface area contributed by atoms with Gasteiger partial charge in [0.05, 0.1) is 0 Å². The minimum absolute atomic E-state index is 0.0953.